The molecule has 4 aromatic rings. The molecule has 3 heterocycles. The molecule has 0 bridgehead atoms. The Bertz CT molecular complexity index is 1190. The lowest BCUT2D eigenvalue weighted by molar-refractivity contribution is 0.841. The number of pyridine rings is 1. The van der Waals surface area contributed by atoms with Gasteiger partial charge in [0.05, 0.1) is 23.6 Å². The molecule has 0 saturated carbocycles. The zero-order valence-corrected chi connectivity index (χ0v) is 15.7. The first-order valence-corrected chi connectivity index (χ1v) is 8.97. The molecular weight excluding hydrogens is 374 g/mol. The van der Waals surface area contributed by atoms with E-state index < -0.39 is 0 Å². The molecule has 28 heavy (non-hydrogen) atoms. The third-order valence-corrected chi connectivity index (χ3v) is 4.70. The van der Waals surface area contributed by atoms with Crippen molar-refractivity contribution in [3.05, 3.63) is 71.1 Å². The highest BCUT2D eigenvalue weighted by Crippen LogP contribution is 2.31. The number of nitrogens with two attached hydrogens (primary N) is 1. The number of hydrogen-bond acceptors (Lipinski definition) is 6. The van der Waals surface area contributed by atoms with Crippen LogP contribution < -0.4 is 11.1 Å². The molecule has 0 amide bonds. The lowest BCUT2D eigenvalue weighted by Gasteiger charge is -2.19. The Morgan fingerprint density at radius 2 is 2.00 bits per heavy atom. The second-order valence-electron chi connectivity index (χ2n) is 6.27. The summed E-state index contributed by atoms with van der Waals surface area (Å²) < 4.78 is 1.60. The van der Waals surface area contributed by atoms with Gasteiger partial charge in [0.2, 0.25) is 0 Å². The standard InChI is InChI=1S/C20H16ClN7/c1-12(26-20-15(10-22)16(23)7-8-24-20)14-9-18-25-11-17(21)28(18)27-19(14)13-5-3-2-4-6-13/h2-9,11-12H,1H3,(H3,23,24,26)/t12-/m0/s1. The van der Waals surface area contributed by atoms with E-state index in [0.29, 0.717) is 27.9 Å². The Morgan fingerprint density at radius 1 is 1.21 bits per heavy atom. The Balaban J connectivity index is 1.83. The number of halogens is 1. The molecule has 0 fully saturated rings. The van der Waals surface area contributed by atoms with E-state index in [1.807, 2.05) is 43.3 Å². The van der Waals surface area contributed by atoms with Gasteiger partial charge in [0, 0.05) is 17.3 Å². The largest absolute Gasteiger partial charge is 0.397 e. The van der Waals surface area contributed by atoms with Crippen molar-refractivity contribution in [1.29, 1.82) is 5.26 Å². The monoisotopic (exact) mass is 389 g/mol. The van der Waals surface area contributed by atoms with Crippen LogP contribution in [0, 0.1) is 11.3 Å². The Labute approximate surface area is 166 Å². The van der Waals surface area contributed by atoms with E-state index >= 15 is 0 Å². The quantitative estimate of drug-likeness (QED) is 0.545. The van der Waals surface area contributed by atoms with Crippen molar-refractivity contribution < 1.29 is 0 Å². The molecule has 0 saturated heterocycles. The van der Waals surface area contributed by atoms with Gasteiger partial charge in [-0.1, -0.05) is 41.9 Å². The highest BCUT2D eigenvalue weighted by Gasteiger charge is 2.19. The number of fused-ring (bicyclic) bond motifs is 1. The molecular formula is C20H16ClN7. The molecule has 0 aliphatic carbocycles. The first-order valence-electron chi connectivity index (χ1n) is 8.59. The molecule has 3 aromatic heterocycles. The highest BCUT2D eigenvalue weighted by molar-refractivity contribution is 6.29. The molecule has 7 nitrogen and oxygen atoms in total. The number of aromatic nitrogens is 4. The zero-order valence-electron chi connectivity index (χ0n) is 15.0. The van der Waals surface area contributed by atoms with Crippen LogP contribution in [0.1, 0.15) is 24.1 Å². The summed E-state index contributed by atoms with van der Waals surface area (Å²) in [4.78, 5) is 8.57. The number of imidazole rings is 1. The van der Waals surface area contributed by atoms with E-state index in [1.165, 1.54) is 0 Å². The molecule has 0 spiro atoms. The highest BCUT2D eigenvalue weighted by atomic mass is 35.5. The first kappa shape index (κ1) is 17.8. The predicted molar refractivity (Wildman–Crippen MR) is 109 cm³/mol. The van der Waals surface area contributed by atoms with Gasteiger partial charge in [-0.3, -0.25) is 0 Å². The van der Waals surface area contributed by atoms with E-state index in [-0.39, 0.29) is 6.04 Å². The number of nitrogens with one attached hydrogen (secondary N) is 1. The van der Waals surface area contributed by atoms with Crippen molar-refractivity contribution in [2.24, 2.45) is 0 Å². The minimum Gasteiger partial charge on any atom is -0.397 e. The van der Waals surface area contributed by atoms with Crippen LogP contribution in [0.25, 0.3) is 16.9 Å². The number of nitriles is 1. The van der Waals surface area contributed by atoms with Crippen LogP contribution in [-0.2, 0) is 0 Å². The van der Waals surface area contributed by atoms with Gasteiger partial charge < -0.3 is 11.1 Å². The van der Waals surface area contributed by atoms with Gasteiger partial charge in [-0.2, -0.15) is 10.4 Å². The summed E-state index contributed by atoms with van der Waals surface area (Å²) in [6.45, 7) is 1.97. The third kappa shape index (κ3) is 3.10. The van der Waals surface area contributed by atoms with E-state index in [1.54, 1.807) is 23.0 Å². The SMILES string of the molecule is C[C@H](Nc1nccc(N)c1C#N)c1cc2ncc(Cl)n2nc1-c1ccccc1. The Hall–Kier alpha value is -3.63. The second kappa shape index (κ2) is 7.18. The maximum absolute atomic E-state index is 9.41. The summed E-state index contributed by atoms with van der Waals surface area (Å²) in [6.07, 6.45) is 3.13. The van der Waals surface area contributed by atoms with Crippen molar-refractivity contribution >= 4 is 28.8 Å². The zero-order chi connectivity index (χ0) is 19.7. The van der Waals surface area contributed by atoms with Gasteiger partial charge in [-0.15, -0.1) is 0 Å². The minimum absolute atomic E-state index is 0.218. The summed E-state index contributed by atoms with van der Waals surface area (Å²) in [7, 11) is 0. The molecule has 0 unspecified atom stereocenters. The molecule has 0 radical (unpaired) electrons. The summed E-state index contributed by atoms with van der Waals surface area (Å²) in [5.41, 5.74) is 9.83. The van der Waals surface area contributed by atoms with Crippen LogP contribution in [0.15, 0.2) is 54.9 Å². The van der Waals surface area contributed by atoms with Gasteiger partial charge in [-0.05, 0) is 19.1 Å². The molecule has 1 atom stereocenters. The first-order chi connectivity index (χ1) is 13.6. The lowest BCUT2D eigenvalue weighted by atomic mass is 10.0. The molecule has 1 aromatic carbocycles. The smallest absolute Gasteiger partial charge is 0.155 e. The number of anilines is 2. The molecule has 0 aliphatic heterocycles. The van der Waals surface area contributed by atoms with Gasteiger partial charge >= 0.3 is 0 Å². The van der Waals surface area contributed by atoms with E-state index in [4.69, 9.17) is 22.4 Å². The average Bonchev–Trinajstić information content (AvgIpc) is 3.08. The summed E-state index contributed by atoms with van der Waals surface area (Å²) in [5.74, 6) is 0.426. The number of rotatable bonds is 4. The number of benzene rings is 1. The lowest BCUT2D eigenvalue weighted by Crippen LogP contribution is -2.13. The fraction of sp³-hybridized carbons (Fsp3) is 0.100. The maximum atomic E-state index is 9.41. The second-order valence-corrected chi connectivity index (χ2v) is 6.65. The predicted octanol–water partition coefficient (Wildman–Crippen LogP) is 4.07. The van der Waals surface area contributed by atoms with Crippen LogP contribution >= 0.6 is 11.6 Å². The summed E-state index contributed by atoms with van der Waals surface area (Å²) in [6, 6.07) is 15.2. The number of nitrogens with zero attached hydrogens (tertiary/aromatic N) is 5. The van der Waals surface area contributed by atoms with Gasteiger partial charge in [0.15, 0.2) is 10.8 Å². The van der Waals surface area contributed by atoms with Gasteiger partial charge in [-0.25, -0.2) is 14.5 Å². The molecule has 3 N–H and O–H groups in total. The number of nitrogen functional groups attached to an aromatic ring is 1. The minimum atomic E-state index is -0.218. The Morgan fingerprint density at radius 3 is 2.75 bits per heavy atom. The summed E-state index contributed by atoms with van der Waals surface area (Å²) in [5, 5.41) is 17.8. The van der Waals surface area contributed by atoms with E-state index in [0.717, 1.165) is 16.8 Å². The van der Waals surface area contributed by atoms with Crippen LogP contribution in [0.5, 0.6) is 0 Å². The van der Waals surface area contributed by atoms with Crippen molar-refractivity contribution in [3.63, 3.8) is 0 Å². The average molecular weight is 390 g/mol. The summed E-state index contributed by atoms with van der Waals surface area (Å²) >= 11 is 6.21. The van der Waals surface area contributed by atoms with E-state index in [9.17, 15) is 5.26 Å². The van der Waals surface area contributed by atoms with Crippen LogP contribution in [-0.4, -0.2) is 19.6 Å². The maximum Gasteiger partial charge on any atom is 0.155 e. The van der Waals surface area contributed by atoms with Crippen molar-refractivity contribution in [2.75, 3.05) is 11.1 Å². The fourth-order valence-corrected chi connectivity index (χ4v) is 3.21. The fourth-order valence-electron chi connectivity index (χ4n) is 3.04. The number of hydrogen-bond donors (Lipinski definition) is 2. The molecule has 0 aliphatic rings. The van der Waals surface area contributed by atoms with Crippen molar-refractivity contribution in [3.8, 4) is 17.3 Å². The Kier molecular flexibility index (Phi) is 4.55. The van der Waals surface area contributed by atoms with Crippen LogP contribution in [0.2, 0.25) is 5.15 Å². The molecule has 138 valence electrons. The van der Waals surface area contributed by atoms with Gasteiger partial charge in [0.25, 0.3) is 0 Å². The topological polar surface area (TPSA) is 105 Å². The third-order valence-electron chi connectivity index (χ3n) is 4.44. The van der Waals surface area contributed by atoms with Crippen molar-refractivity contribution in [1.82, 2.24) is 19.6 Å². The van der Waals surface area contributed by atoms with Crippen molar-refractivity contribution in [2.45, 2.75) is 13.0 Å². The van der Waals surface area contributed by atoms with E-state index in [2.05, 4.69) is 21.4 Å². The van der Waals surface area contributed by atoms with Crippen LogP contribution in [0.3, 0.4) is 0 Å². The normalized spacial score (nSPS) is 11.9. The van der Waals surface area contributed by atoms with Gasteiger partial charge in [0.1, 0.15) is 17.5 Å². The van der Waals surface area contributed by atoms with Crippen LogP contribution in [0.4, 0.5) is 11.5 Å². The molecule has 4 rings (SSSR count). The molecule has 8 heteroatoms.